The Balaban J connectivity index is 1.91. The van der Waals surface area contributed by atoms with Gasteiger partial charge in [-0.15, -0.1) is 0 Å². The van der Waals surface area contributed by atoms with Crippen molar-refractivity contribution >= 4 is 5.91 Å². The Morgan fingerprint density at radius 3 is 2.83 bits per heavy atom. The molecule has 0 aliphatic carbocycles. The van der Waals surface area contributed by atoms with Crippen LogP contribution in [-0.4, -0.2) is 31.7 Å². The first-order chi connectivity index (χ1) is 8.66. The van der Waals surface area contributed by atoms with Gasteiger partial charge in [0.25, 0.3) is 0 Å². The van der Waals surface area contributed by atoms with Crippen molar-refractivity contribution in [2.45, 2.75) is 19.0 Å². The molecule has 1 unspecified atom stereocenters. The van der Waals surface area contributed by atoms with Gasteiger partial charge < -0.3 is 15.4 Å². The molecule has 1 heterocycles. The fourth-order valence-electron chi connectivity index (χ4n) is 1.88. The van der Waals surface area contributed by atoms with Gasteiger partial charge in [0, 0.05) is 6.54 Å². The van der Waals surface area contributed by atoms with E-state index in [0.717, 1.165) is 5.56 Å². The summed E-state index contributed by atoms with van der Waals surface area (Å²) in [6.45, 7) is 3.58. The molecule has 5 heteroatoms. The summed E-state index contributed by atoms with van der Waals surface area (Å²) in [5, 5.41) is 5.97. The van der Waals surface area contributed by atoms with Crippen LogP contribution in [-0.2, 0) is 9.53 Å². The molecule has 0 aromatic heterocycles. The molecule has 2 N–H and O–H groups in total. The predicted octanol–water partition coefficient (Wildman–Crippen LogP) is 0.991. The van der Waals surface area contributed by atoms with Crippen LogP contribution in [0.3, 0.4) is 0 Å². The fraction of sp³-hybridized carbons (Fsp3) is 0.462. The van der Waals surface area contributed by atoms with Crippen LogP contribution >= 0.6 is 0 Å². The van der Waals surface area contributed by atoms with Gasteiger partial charge in [0.15, 0.2) is 0 Å². The van der Waals surface area contributed by atoms with E-state index < -0.39 is 0 Å². The second-order valence-electron chi connectivity index (χ2n) is 4.36. The maximum Gasteiger partial charge on any atom is 0.240 e. The average Bonchev–Trinajstić information content (AvgIpc) is 2.40. The number of carbonyl (C=O) groups excluding carboxylic acids is 1. The Morgan fingerprint density at radius 1 is 1.50 bits per heavy atom. The number of hydrogen-bond acceptors (Lipinski definition) is 3. The quantitative estimate of drug-likeness (QED) is 0.843. The number of halogens is 1. The summed E-state index contributed by atoms with van der Waals surface area (Å²) < 4.78 is 18.0. The molecule has 2 atom stereocenters. The van der Waals surface area contributed by atoms with Crippen molar-refractivity contribution in [2.75, 3.05) is 19.8 Å². The normalized spacial score (nSPS) is 21.3. The first-order valence-corrected chi connectivity index (χ1v) is 6.04. The van der Waals surface area contributed by atoms with Gasteiger partial charge in [-0.1, -0.05) is 12.1 Å². The molecule has 1 amide bonds. The van der Waals surface area contributed by atoms with E-state index in [1.807, 2.05) is 6.92 Å². The summed E-state index contributed by atoms with van der Waals surface area (Å²) in [5.74, 6) is -0.369. The SMILES string of the molecule is C[C@H](NC(=O)C1COCCN1)c1ccc(F)cc1. The molecule has 1 aliphatic rings. The third-order valence-corrected chi connectivity index (χ3v) is 2.97. The van der Waals surface area contributed by atoms with Gasteiger partial charge in [0.1, 0.15) is 11.9 Å². The van der Waals surface area contributed by atoms with Crippen molar-refractivity contribution in [2.24, 2.45) is 0 Å². The maximum absolute atomic E-state index is 12.8. The van der Waals surface area contributed by atoms with Crippen molar-refractivity contribution < 1.29 is 13.9 Å². The van der Waals surface area contributed by atoms with Crippen molar-refractivity contribution in [3.8, 4) is 0 Å². The van der Waals surface area contributed by atoms with Gasteiger partial charge in [-0.05, 0) is 24.6 Å². The maximum atomic E-state index is 12.8. The summed E-state index contributed by atoms with van der Waals surface area (Å²) in [5.41, 5.74) is 0.876. The van der Waals surface area contributed by atoms with Crippen LogP contribution in [0, 0.1) is 5.82 Å². The van der Waals surface area contributed by atoms with Gasteiger partial charge in [0.2, 0.25) is 5.91 Å². The molecule has 0 spiro atoms. The molecule has 0 radical (unpaired) electrons. The van der Waals surface area contributed by atoms with Crippen LogP contribution in [0.1, 0.15) is 18.5 Å². The van der Waals surface area contributed by atoms with Crippen LogP contribution in [0.4, 0.5) is 4.39 Å². The zero-order chi connectivity index (χ0) is 13.0. The molecule has 1 fully saturated rings. The number of benzene rings is 1. The molecule has 1 aromatic rings. The van der Waals surface area contributed by atoms with E-state index in [4.69, 9.17) is 4.74 Å². The Hall–Kier alpha value is -1.46. The monoisotopic (exact) mass is 252 g/mol. The van der Waals surface area contributed by atoms with Crippen molar-refractivity contribution in [3.63, 3.8) is 0 Å². The molecule has 2 rings (SSSR count). The topological polar surface area (TPSA) is 50.4 Å². The largest absolute Gasteiger partial charge is 0.378 e. The van der Waals surface area contributed by atoms with Gasteiger partial charge in [0.05, 0.1) is 19.3 Å². The highest BCUT2D eigenvalue weighted by molar-refractivity contribution is 5.82. The van der Waals surface area contributed by atoms with E-state index in [-0.39, 0.29) is 23.8 Å². The summed E-state index contributed by atoms with van der Waals surface area (Å²) in [7, 11) is 0. The molecule has 0 saturated carbocycles. The van der Waals surface area contributed by atoms with Crippen LogP contribution in [0.25, 0.3) is 0 Å². The van der Waals surface area contributed by atoms with E-state index in [1.165, 1.54) is 12.1 Å². The Morgan fingerprint density at radius 2 is 2.22 bits per heavy atom. The molecule has 1 aromatic carbocycles. The Labute approximate surface area is 106 Å². The van der Waals surface area contributed by atoms with Crippen molar-refractivity contribution in [3.05, 3.63) is 35.6 Å². The standard InChI is InChI=1S/C13H17FN2O2/c1-9(10-2-4-11(14)5-3-10)16-13(17)12-8-18-7-6-15-12/h2-5,9,12,15H,6-8H2,1H3,(H,16,17)/t9-,12?/m0/s1. The fourth-order valence-corrected chi connectivity index (χ4v) is 1.88. The van der Waals surface area contributed by atoms with Crippen LogP contribution in [0.15, 0.2) is 24.3 Å². The molecule has 1 aliphatic heterocycles. The molecule has 98 valence electrons. The van der Waals surface area contributed by atoms with E-state index in [0.29, 0.717) is 19.8 Å². The Kier molecular flexibility index (Phi) is 4.28. The minimum absolute atomic E-state index is 0.0912. The molecular formula is C13H17FN2O2. The van der Waals surface area contributed by atoms with E-state index in [9.17, 15) is 9.18 Å². The molecule has 0 bridgehead atoms. The number of amides is 1. The predicted molar refractivity (Wildman–Crippen MR) is 65.6 cm³/mol. The summed E-state index contributed by atoms with van der Waals surface area (Å²) in [6.07, 6.45) is 0. The number of rotatable bonds is 3. The van der Waals surface area contributed by atoms with Crippen LogP contribution < -0.4 is 10.6 Å². The van der Waals surface area contributed by atoms with Crippen LogP contribution in [0.5, 0.6) is 0 Å². The van der Waals surface area contributed by atoms with Crippen molar-refractivity contribution in [1.29, 1.82) is 0 Å². The first kappa shape index (κ1) is 13.0. The highest BCUT2D eigenvalue weighted by Crippen LogP contribution is 2.13. The first-order valence-electron chi connectivity index (χ1n) is 6.04. The number of carbonyl (C=O) groups is 1. The lowest BCUT2D eigenvalue weighted by Gasteiger charge is -2.24. The number of morpholine rings is 1. The molecule has 1 saturated heterocycles. The van der Waals surface area contributed by atoms with E-state index in [1.54, 1.807) is 12.1 Å². The van der Waals surface area contributed by atoms with Gasteiger partial charge >= 0.3 is 0 Å². The lowest BCUT2D eigenvalue weighted by Crippen LogP contribution is -2.51. The minimum atomic E-state index is -0.304. The Bertz CT molecular complexity index is 402. The van der Waals surface area contributed by atoms with Gasteiger partial charge in [-0.2, -0.15) is 0 Å². The van der Waals surface area contributed by atoms with Gasteiger partial charge in [-0.25, -0.2) is 4.39 Å². The lowest BCUT2D eigenvalue weighted by atomic mass is 10.1. The zero-order valence-corrected chi connectivity index (χ0v) is 10.3. The molecule has 18 heavy (non-hydrogen) atoms. The number of ether oxygens (including phenoxy) is 1. The molecular weight excluding hydrogens is 235 g/mol. The number of hydrogen-bond donors (Lipinski definition) is 2. The molecule has 4 nitrogen and oxygen atoms in total. The summed E-state index contributed by atoms with van der Waals surface area (Å²) >= 11 is 0. The summed E-state index contributed by atoms with van der Waals surface area (Å²) in [6, 6.07) is 5.67. The highest BCUT2D eigenvalue weighted by Gasteiger charge is 2.22. The van der Waals surface area contributed by atoms with Gasteiger partial charge in [-0.3, -0.25) is 4.79 Å². The lowest BCUT2D eigenvalue weighted by molar-refractivity contribution is -0.126. The van der Waals surface area contributed by atoms with E-state index >= 15 is 0 Å². The zero-order valence-electron chi connectivity index (χ0n) is 10.3. The van der Waals surface area contributed by atoms with Crippen molar-refractivity contribution in [1.82, 2.24) is 10.6 Å². The van der Waals surface area contributed by atoms with E-state index in [2.05, 4.69) is 10.6 Å². The third kappa shape index (κ3) is 3.27. The second-order valence-corrected chi connectivity index (χ2v) is 4.36. The summed E-state index contributed by atoms with van der Waals surface area (Å²) in [4.78, 5) is 11.9. The van der Waals surface area contributed by atoms with Crippen LogP contribution in [0.2, 0.25) is 0 Å². The third-order valence-electron chi connectivity index (χ3n) is 2.97. The number of nitrogens with one attached hydrogen (secondary N) is 2. The second kappa shape index (κ2) is 5.93. The minimum Gasteiger partial charge on any atom is -0.378 e. The smallest absolute Gasteiger partial charge is 0.240 e. The average molecular weight is 252 g/mol. The highest BCUT2D eigenvalue weighted by atomic mass is 19.1.